The number of amides is 1. The van der Waals surface area contributed by atoms with E-state index in [2.05, 4.69) is 34.8 Å². The number of anilines is 1. The Morgan fingerprint density at radius 3 is 2.52 bits per heavy atom. The van der Waals surface area contributed by atoms with E-state index in [4.69, 9.17) is 9.97 Å². The van der Waals surface area contributed by atoms with E-state index in [0.717, 1.165) is 37.4 Å². The predicted molar refractivity (Wildman–Crippen MR) is 126 cm³/mol. The van der Waals surface area contributed by atoms with Crippen molar-refractivity contribution in [2.24, 2.45) is 0 Å². The number of carbonyl (C=O) groups excluding carboxylic acids is 1. The number of aromatic nitrogens is 4. The van der Waals surface area contributed by atoms with Gasteiger partial charge in [-0.05, 0) is 51.3 Å². The molecule has 1 fully saturated rings. The second-order valence-electron chi connectivity index (χ2n) is 8.27. The maximum absolute atomic E-state index is 13.9. The molecule has 1 aromatic carbocycles. The van der Waals surface area contributed by atoms with Crippen LogP contribution in [0.5, 0.6) is 0 Å². The Morgan fingerprint density at radius 1 is 1.12 bits per heavy atom. The molecule has 0 aliphatic carbocycles. The number of hydrogen-bond acceptors (Lipinski definition) is 6. The van der Waals surface area contributed by atoms with Crippen LogP contribution in [0, 0.1) is 12.7 Å². The summed E-state index contributed by atoms with van der Waals surface area (Å²) in [6.45, 7) is 8.78. The average Bonchev–Trinajstić information content (AvgIpc) is 2.86. The molecule has 7 nitrogen and oxygen atoms in total. The molecule has 4 rings (SSSR count). The van der Waals surface area contributed by atoms with Gasteiger partial charge in [0, 0.05) is 61.8 Å². The van der Waals surface area contributed by atoms with Crippen molar-refractivity contribution in [3.8, 4) is 11.5 Å². The molecule has 8 heteroatoms. The standard InChI is InChI=1S/C25H29FN6O/c1-4-31(5-2)23-15-21(29-24(30-23)22-16-27-10-11-28-22)18-8-12-32(13-9-18)25(33)19-7-6-17(3)20(26)14-19/h6-7,10-11,14-16,18H,4-5,8-9,12-13H2,1-3H3. The Bertz CT molecular complexity index is 1110. The number of carbonyl (C=O) groups is 1. The molecule has 1 aliphatic rings. The van der Waals surface area contributed by atoms with Crippen molar-refractivity contribution in [3.63, 3.8) is 0 Å². The summed E-state index contributed by atoms with van der Waals surface area (Å²) in [4.78, 5) is 35.0. The van der Waals surface area contributed by atoms with E-state index in [1.54, 1.807) is 42.5 Å². The van der Waals surface area contributed by atoms with E-state index in [1.807, 2.05) is 0 Å². The Hall–Kier alpha value is -3.42. The van der Waals surface area contributed by atoms with Crippen LogP contribution in [-0.2, 0) is 0 Å². The SMILES string of the molecule is CCN(CC)c1cc(C2CCN(C(=O)c3ccc(C)c(F)c3)CC2)nc(-c2cnccn2)n1. The molecule has 0 N–H and O–H groups in total. The first kappa shape index (κ1) is 22.8. The van der Waals surface area contributed by atoms with E-state index in [0.29, 0.717) is 35.7 Å². The van der Waals surface area contributed by atoms with Gasteiger partial charge in [-0.2, -0.15) is 0 Å². The zero-order valence-electron chi connectivity index (χ0n) is 19.3. The number of likely N-dealkylation sites (tertiary alicyclic amines) is 1. The topological polar surface area (TPSA) is 75.1 Å². The minimum Gasteiger partial charge on any atom is -0.357 e. The molecule has 33 heavy (non-hydrogen) atoms. The van der Waals surface area contributed by atoms with Crippen molar-refractivity contribution in [3.05, 3.63) is 65.5 Å². The third kappa shape index (κ3) is 4.99. The first-order chi connectivity index (χ1) is 16.0. The van der Waals surface area contributed by atoms with Crippen molar-refractivity contribution >= 4 is 11.7 Å². The van der Waals surface area contributed by atoms with Crippen LogP contribution in [0.1, 0.15) is 54.2 Å². The number of nitrogens with zero attached hydrogens (tertiary/aromatic N) is 6. The van der Waals surface area contributed by atoms with E-state index in [9.17, 15) is 9.18 Å². The summed E-state index contributed by atoms with van der Waals surface area (Å²) < 4.78 is 13.9. The van der Waals surface area contributed by atoms with Crippen LogP contribution in [0.4, 0.5) is 10.2 Å². The summed E-state index contributed by atoms with van der Waals surface area (Å²) in [6, 6.07) is 6.74. The highest BCUT2D eigenvalue weighted by atomic mass is 19.1. The van der Waals surface area contributed by atoms with Crippen LogP contribution in [0.2, 0.25) is 0 Å². The molecule has 0 unspecified atom stereocenters. The van der Waals surface area contributed by atoms with Gasteiger partial charge >= 0.3 is 0 Å². The van der Waals surface area contributed by atoms with Crippen LogP contribution in [0.25, 0.3) is 11.5 Å². The fourth-order valence-electron chi connectivity index (χ4n) is 4.19. The molecule has 0 radical (unpaired) electrons. The zero-order valence-corrected chi connectivity index (χ0v) is 19.3. The summed E-state index contributed by atoms with van der Waals surface area (Å²) in [5.74, 6) is 1.17. The van der Waals surface area contributed by atoms with Gasteiger partial charge in [-0.1, -0.05) is 6.07 Å². The highest BCUT2D eigenvalue weighted by molar-refractivity contribution is 5.94. The summed E-state index contributed by atoms with van der Waals surface area (Å²) >= 11 is 0. The smallest absolute Gasteiger partial charge is 0.253 e. The van der Waals surface area contributed by atoms with E-state index in [-0.39, 0.29) is 17.6 Å². The molecular formula is C25H29FN6O. The lowest BCUT2D eigenvalue weighted by molar-refractivity contribution is 0.0711. The van der Waals surface area contributed by atoms with Gasteiger partial charge in [0.05, 0.1) is 6.20 Å². The molecule has 2 aromatic heterocycles. The van der Waals surface area contributed by atoms with Gasteiger partial charge in [0.2, 0.25) is 0 Å². The van der Waals surface area contributed by atoms with Crippen molar-refractivity contribution < 1.29 is 9.18 Å². The number of benzene rings is 1. The number of piperidine rings is 1. The third-order valence-corrected chi connectivity index (χ3v) is 6.23. The van der Waals surface area contributed by atoms with Gasteiger partial charge in [0.25, 0.3) is 5.91 Å². The molecule has 0 atom stereocenters. The fourth-order valence-corrected chi connectivity index (χ4v) is 4.19. The van der Waals surface area contributed by atoms with Crippen molar-refractivity contribution in [2.75, 3.05) is 31.1 Å². The van der Waals surface area contributed by atoms with E-state index in [1.165, 1.54) is 6.07 Å². The number of halogens is 1. The Morgan fingerprint density at radius 2 is 1.88 bits per heavy atom. The monoisotopic (exact) mass is 448 g/mol. The van der Waals surface area contributed by atoms with E-state index >= 15 is 0 Å². The summed E-state index contributed by atoms with van der Waals surface area (Å²) in [5, 5.41) is 0. The summed E-state index contributed by atoms with van der Waals surface area (Å²) in [5.41, 5.74) is 2.53. The molecule has 0 bridgehead atoms. The van der Waals surface area contributed by atoms with Gasteiger partial charge < -0.3 is 9.80 Å². The highest BCUT2D eigenvalue weighted by Gasteiger charge is 2.27. The van der Waals surface area contributed by atoms with Crippen LogP contribution < -0.4 is 4.90 Å². The van der Waals surface area contributed by atoms with Crippen LogP contribution in [0.15, 0.2) is 42.9 Å². The number of aryl methyl sites for hydroxylation is 1. The Balaban J connectivity index is 1.55. The zero-order chi connectivity index (χ0) is 23.4. The minimum atomic E-state index is -0.350. The van der Waals surface area contributed by atoms with Crippen LogP contribution >= 0.6 is 0 Å². The lowest BCUT2D eigenvalue weighted by atomic mass is 9.92. The van der Waals surface area contributed by atoms with Gasteiger partial charge in [-0.25, -0.2) is 19.3 Å². The molecule has 3 aromatic rings. The number of hydrogen-bond donors (Lipinski definition) is 0. The molecule has 3 heterocycles. The van der Waals surface area contributed by atoms with Gasteiger partial charge in [-0.15, -0.1) is 0 Å². The van der Waals surface area contributed by atoms with Crippen molar-refractivity contribution in [1.82, 2.24) is 24.8 Å². The fraction of sp³-hybridized carbons (Fsp3) is 0.400. The quantitative estimate of drug-likeness (QED) is 0.561. The predicted octanol–water partition coefficient (Wildman–Crippen LogP) is 4.25. The highest BCUT2D eigenvalue weighted by Crippen LogP contribution is 2.31. The second-order valence-corrected chi connectivity index (χ2v) is 8.27. The lowest BCUT2D eigenvalue weighted by Crippen LogP contribution is -2.38. The second kappa shape index (κ2) is 10.0. The largest absolute Gasteiger partial charge is 0.357 e. The van der Waals surface area contributed by atoms with Crippen LogP contribution in [0.3, 0.4) is 0 Å². The van der Waals surface area contributed by atoms with Crippen molar-refractivity contribution in [2.45, 2.75) is 39.5 Å². The molecular weight excluding hydrogens is 419 g/mol. The van der Waals surface area contributed by atoms with Gasteiger partial charge in [0.15, 0.2) is 5.82 Å². The molecule has 1 saturated heterocycles. The molecule has 1 aliphatic heterocycles. The van der Waals surface area contributed by atoms with Gasteiger partial charge in [-0.3, -0.25) is 9.78 Å². The molecule has 0 saturated carbocycles. The van der Waals surface area contributed by atoms with Crippen molar-refractivity contribution in [1.29, 1.82) is 0 Å². The molecule has 172 valence electrons. The molecule has 0 spiro atoms. The number of rotatable bonds is 6. The lowest BCUT2D eigenvalue weighted by Gasteiger charge is -2.32. The maximum atomic E-state index is 13.9. The first-order valence-electron chi connectivity index (χ1n) is 11.5. The average molecular weight is 449 g/mol. The third-order valence-electron chi connectivity index (χ3n) is 6.23. The first-order valence-corrected chi connectivity index (χ1v) is 11.5. The summed E-state index contributed by atoms with van der Waals surface area (Å²) in [7, 11) is 0. The van der Waals surface area contributed by atoms with Gasteiger partial charge in [0.1, 0.15) is 17.3 Å². The van der Waals surface area contributed by atoms with E-state index < -0.39 is 0 Å². The normalized spacial score (nSPS) is 14.4. The Labute approximate surface area is 193 Å². The summed E-state index contributed by atoms with van der Waals surface area (Å²) in [6.07, 6.45) is 6.52. The Kier molecular flexibility index (Phi) is 6.91. The maximum Gasteiger partial charge on any atom is 0.253 e. The molecule has 1 amide bonds. The van der Waals surface area contributed by atoms with Crippen LogP contribution in [-0.4, -0.2) is 56.9 Å². The minimum absolute atomic E-state index is 0.126.